The number of methoxy groups -OCH3 is 1. The van der Waals surface area contributed by atoms with Crippen LogP contribution in [0.5, 0.6) is 0 Å². The van der Waals surface area contributed by atoms with Crippen LogP contribution in [0.3, 0.4) is 0 Å². The molecule has 3 nitrogen and oxygen atoms in total. The van der Waals surface area contributed by atoms with Crippen LogP contribution in [-0.4, -0.2) is 26.4 Å². The summed E-state index contributed by atoms with van der Waals surface area (Å²) >= 11 is 0. The van der Waals surface area contributed by atoms with Crippen molar-refractivity contribution in [2.75, 3.05) is 20.3 Å². The lowest BCUT2D eigenvalue weighted by molar-refractivity contribution is 0.0877. The standard InChI is InChI=1S/C21H32O3/c1-6-7-12-23-15-17(2)20-9-8-10-21(14-20)18(3)16-24-13-11-19(4)22-5/h8-10,14-16,19H,6-7,11-13H2,1-5H3/b17-15+,18-16+. The largest absolute Gasteiger partial charge is 0.501 e. The van der Waals surface area contributed by atoms with Crippen LogP contribution in [0.15, 0.2) is 36.8 Å². The highest BCUT2D eigenvalue weighted by atomic mass is 16.5. The molecular weight excluding hydrogens is 300 g/mol. The first-order valence-electron chi connectivity index (χ1n) is 8.78. The van der Waals surface area contributed by atoms with Crippen molar-refractivity contribution < 1.29 is 14.2 Å². The average Bonchev–Trinajstić information content (AvgIpc) is 2.61. The van der Waals surface area contributed by atoms with E-state index in [9.17, 15) is 0 Å². The Morgan fingerprint density at radius 1 is 1.04 bits per heavy atom. The topological polar surface area (TPSA) is 27.7 Å². The predicted octanol–water partition coefficient (Wildman–Crippen LogP) is 5.67. The van der Waals surface area contributed by atoms with Gasteiger partial charge in [-0.15, -0.1) is 0 Å². The fourth-order valence-corrected chi connectivity index (χ4v) is 2.09. The zero-order valence-electron chi connectivity index (χ0n) is 15.8. The van der Waals surface area contributed by atoms with Crippen LogP contribution in [0.25, 0.3) is 11.1 Å². The Morgan fingerprint density at radius 3 is 2.17 bits per heavy atom. The number of hydrogen-bond donors (Lipinski definition) is 0. The Balaban J connectivity index is 2.62. The Kier molecular flexibility index (Phi) is 9.94. The molecule has 0 saturated heterocycles. The highest BCUT2D eigenvalue weighted by molar-refractivity contribution is 5.70. The van der Waals surface area contributed by atoms with E-state index in [-0.39, 0.29) is 6.10 Å². The van der Waals surface area contributed by atoms with Gasteiger partial charge in [-0.2, -0.15) is 0 Å². The number of unbranched alkanes of at least 4 members (excludes halogenated alkanes) is 1. The number of benzene rings is 1. The molecule has 0 N–H and O–H groups in total. The Bertz CT molecular complexity index is 532. The molecule has 0 aromatic heterocycles. The van der Waals surface area contributed by atoms with E-state index in [0.29, 0.717) is 6.61 Å². The van der Waals surface area contributed by atoms with Gasteiger partial charge < -0.3 is 14.2 Å². The predicted molar refractivity (Wildman–Crippen MR) is 102 cm³/mol. The van der Waals surface area contributed by atoms with Crippen LogP contribution >= 0.6 is 0 Å². The van der Waals surface area contributed by atoms with E-state index in [2.05, 4.69) is 45.0 Å². The van der Waals surface area contributed by atoms with Gasteiger partial charge in [0.2, 0.25) is 0 Å². The molecular formula is C21H32O3. The van der Waals surface area contributed by atoms with Crippen molar-refractivity contribution in [2.45, 2.75) is 53.1 Å². The highest BCUT2D eigenvalue weighted by Crippen LogP contribution is 2.20. The molecule has 1 rings (SSSR count). The van der Waals surface area contributed by atoms with Gasteiger partial charge in [0.15, 0.2) is 0 Å². The molecule has 0 heterocycles. The summed E-state index contributed by atoms with van der Waals surface area (Å²) in [6, 6.07) is 8.44. The Labute approximate surface area is 147 Å². The van der Waals surface area contributed by atoms with Gasteiger partial charge in [-0.3, -0.25) is 0 Å². The van der Waals surface area contributed by atoms with Crippen LogP contribution in [0, 0.1) is 0 Å². The molecule has 0 radical (unpaired) electrons. The Morgan fingerprint density at radius 2 is 1.62 bits per heavy atom. The maximum absolute atomic E-state index is 5.63. The van der Waals surface area contributed by atoms with Gasteiger partial charge >= 0.3 is 0 Å². The molecule has 0 saturated carbocycles. The smallest absolute Gasteiger partial charge is 0.0898 e. The first-order valence-corrected chi connectivity index (χ1v) is 8.78. The fourth-order valence-electron chi connectivity index (χ4n) is 2.09. The third kappa shape index (κ3) is 7.69. The molecule has 0 amide bonds. The average molecular weight is 332 g/mol. The van der Waals surface area contributed by atoms with Gasteiger partial charge in [0.1, 0.15) is 0 Å². The second-order valence-electron chi connectivity index (χ2n) is 6.11. The van der Waals surface area contributed by atoms with Crippen molar-refractivity contribution in [3.8, 4) is 0 Å². The minimum Gasteiger partial charge on any atom is -0.501 e. The van der Waals surface area contributed by atoms with Gasteiger partial charge in [-0.1, -0.05) is 31.5 Å². The molecule has 1 aromatic rings. The van der Waals surface area contributed by atoms with Crippen LogP contribution in [-0.2, 0) is 14.2 Å². The summed E-state index contributed by atoms with van der Waals surface area (Å²) in [7, 11) is 1.72. The van der Waals surface area contributed by atoms with Gasteiger partial charge in [0.25, 0.3) is 0 Å². The third-order valence-corrected chi connectivity index (χ3v) is 3.95. The van der Waals surface area contributed by atoms with E-state index in [0.717, 1.165) is 42.6 Å². The zero-order valence-corrected chi connectivity index (χ0v) is 15.8. The van der Waals surface area contributed by atoms with E-state index >= 15 is 0 Å². The van der Waals surface area contributed by atoms with Crippen LogP contribution < -0.4 is 0 Å². The van der Waals surface area contributed by atoms with E-state index < -0.39 is 0 Å². The molecule has 0 aliphatic heterocycles. The summed E-state index contributed by atoms with van der Waals surface area (Å²) in [5.74, 6) is 0. The molecule has 1 atom stereocenters. The first kappa shape index (κ1) is 20.3. The number of ether oxygens (including phenoxy) is 3. The lowest BCUT2D eigenvalue weighted by atomic mass is 10.0. The fraction of sp³-hybridized carbons (Fsp3) is 0.524. The number of rotatable bonds is 11. The summed E-state index contributed by atoms with van der Waals surface area (Å²) in [6.45, 7) is 9.79. The summed E-state index contributed by atoms with van der Waals surface area (Å²) in [4.78, 5) is 0. The van der Waals surface area contributed by atoms with Gasteiger partial charge in [0, 0.05) is 13.5 Å². The maximum Gasteiger partial charge on any atom is 0.0898 e. The molecule has 0 bridgehead atoms. The molecule has 3 heteroatoms. The van der Waals surface area contributed by atoms with Gasteiger partial charge in [0.05, 0.1) is 31.8 Å². The van der Waals surface area contributed by atoms with Gasteiger partial charge in [-0.25, -0.2) is 0 Å². The van der Waals surface area contributed by atoms with E-state index in [1.165, 1.54) is 5.56 Å². The third-order valence-electron chi connectivity index (χ3n) is 3.95. The van der Waals surface area contributed by atoms with Crippen LogP contribution in [0.1, 0.15) is 58.1 Å². The van der Waals surface area contributed by atoms with E-state index in [1.807, 2.05) is 19.4 Å². The molecule has 0 aliphatic rings. The molecule has 1 aromatic carbocycles. The van der Waals surface area contributed by atoms with Crippen LogP contribution in [0.2, 0.25) is 0 Å². The monoisotopic (exact) mass is 332 g/mol. The van der Waals surface area contributed by atoms with Crippen molar-refractivity contribution in [2.24, 2.45) is 0 Å². The van der Waals surface area contributed by atoms with E-state index in [4.69, 9.17) is 14.2 Å². The molecule has 1 unspecified atom stereocenters. The van der Waals surface area contributed by atoms with E-state index in [1.54, 1.807) is 7.11 Å². The van der Waals surface area contributed by atoms with Crippen molar-refractivity contribution in [1.29, 1.82) is 0 Å². The minimum atomic E-state index is 0.225. The molecule has 0 fully saturated rings. The van der Waals surface area contributed by atoms with Crippen molar-refractivity contribution >= 4 is 11.1 Å². The Hall–Kier alpha value is -1.74. The quantitative estimate of drug-likeness (QED) is 0.386. The molecule has 134 valence electrons. The second kappa shape index (κ2) is 11.7. The molecule has 0 spiro atoms. The first-order chi connectivity index (χ1) is 11.6. The summed E-state index contributed by atoms with van der Waals surface area (Å²) in [5, 5.41) is 0. The summed E-state index contributed by atoms with van der Waals surface area (Å²) in [5.41, 5.74) is 4.58. The minimum absolute atomic E-state index is 0.225. The summed E-state index contributed by atoms with van der Waals surface area (Å²) < 4.78 is 16.4. The van der Waals surface area contributed by atoms with Crippen molar-refractivity contribution in [3.63, 3.8) is 0 Å². The molecule has 0 aliphatic carbocycles. The number of hydrogen-bond acceptors (Lipinski definition) is 3. The molecule has 24 heavy (non-hydrogen) atoms. The zero-order chi connectivity index (χ0) is 17.8. The SMILES string of the molecule is CCCCO/C=C(\C)c1cccc(/C(C)=C/OCCC(C)OC)c1. The van der Waals surface area contributed by atoms with Crippen molar-refractivity contribution in [1.82, 2.24) is 0 Å². The van der Waals surface area contributed by atoms with Crippen LogP contribution in [0.4, 0.5) is 0 Å². The lowest BCUT2D eigenvalue weighted by Gasteiger charge is -2.10. The normalized spacial score (nSPS) is 13.7. The second-order valence-corrected chi connectivity index (χ2v) is 6.11. The number of allylic oxidation sites excluding steroid dienone is 2. The summed E-state index contributed by atoms with van der Waals surface area (Å²) in [6.07, 6.45) is 7.04. The lowest BCUT2D eigenvalue weighted by Crippen LogP contribution is -2.07. The van der Waals surface area contributed by atoms with Crippen molar-refractivity contribution in [3.05, 3.63) is 47.9 Å². The highest BCUT2D eigenvalue weighted by Gasteiger charge is 2.02. The van der Waals surface area contributed by atoms with Gasteiger partial charge in [-0.05, 0) is 55.5 Å². The maximum atomic E-state index is 5.63.